The Morgan fingerprint density at radius 1 is 1.31 bits per heavy atom. The summed E-state index contributed by atoms with van der Waals surface area (Å²) in [6.45, 7) is 0.649. The SMILES string of the molecule is CC(F)(F)c1cc(F)cc(C=O)c1. The van der Waals surface area contributed by atoms with Crippen molar-refractivity contribution in [3.8, 4) is 0 Å². The van der Waals surface area contributed by atoms with Gasteiger partial charge in [0, 0.05) is 18.1 Å². The van der Waals surface area contributed by atoms with E-state index in [-0.39, 0.29) is 5.56 Å². The molecule has 0 aromatic heterocycles. The van der Waals surface area contributed by atoms with Gasteiger partial charge in [0.1, 0.15) is 12.1 Å². The van der Waals surface area contributed by atoms with Gasteiger partial charge in [0.2, 0.25) is 0 Å². The Labute approximate surface area is 73.2 Å². The van der Waals surface area contributed by atoms with Crippen molar-refractivity contribution < 1.29 is 18.0 Å². The molecule has 0 fully saturated rings. The molecule has 0 N–H and O–H groups in total. The van der Waals surface area contributed by atoms with E-state index in [2.05, 4.69) is 0 Å². The highest BCUT2D eigenvalue weighted by molar-refractivity contribution is 5.75. The minimum atomic E-state index is -3.13. The molecule has 0 spiro atoms. The van der Waals surface area contributed by atoms with Gasteiger partial charge in [-0.05, 0) is 18.2 Å². The lowest BCUT2D eigenvalue weighted by Crippen LogP contribution is -2.08. The lowest BCUT2D eigenvalue weighted by atomic mass is 10.1. The Balaban J connectivity index is 3.24. The van der Waals surface area contributed by atoms with Crippen LogP contribution in [0.2, 0.25) is 0 Å². The average molecular weight is 188 g/mol. The first kappa shape index (κ1) is 9.77. The number of carbonyl (C=O) groups is 1. The van der Waals surface area contributed by atoms with Crippen molar-refractivity contribution in [1.29, 1.82) is 0 Å². The van der Waals surface area contributed by atoms with Gasteiger partial charge in [-0.15, -0.1) is 0 Å². The summed E-state index contributed by atoms with van der Waals surface area (Å²) >= 11 is 0. The first-order chi connectivity index (χ1) is 5.93. The molecule has 0 bridgehead atoms. The maximum atomic E-state index is 12.7. The van der Waals surface area contributed by atoms with Gasteiger partial charge >= 0.3 is 0 Å². The molecule has 1 aromatic rings. The number of halogens is 3. The number of hydrogen-bond acceptors (Lipinski definition) is 1. The summed E-state index contributed by atoms with van der Waals surface area (Å²) in [7, 11) is 0. The Hall–Kier alpha value is -1.32. The van der Waals surface area contributed by atoms with Crippen LogP contribution < -0.4 is 0 Å². The Kier molecular flexibility index (Phi) is 2.40. The van der Waals surface area contributed by atoms with Crippen molar-refractivity contribution >= 4 is 6.29 Å². The van der Waals surface area contributed by atoms with E-state index < -0.39 is 17.3 Å². The summed E-state index contributed by atoms with van der Waals surface area (Å²) in [5, 5.41) is 0. The molecule has 1 rings (SSSR count). The smallest absolute Gasteiger partial charge is 0.270 e. The summed E-state index contributed by atoms with van der Waals surface area (Å²) in [6.07, 6.45) is 0.332. The van der Waals surface area contributed by atoms with Crippen LogP contribution in [-0.4, -0.2) is 6.29 Å². The minimum absolute atomic E-state index is 0.0866. The quantitative estimate of drug-likeness (QED) is 0.652. The van der Waals surface area contributed by atoms with Gasteiger partial charge in [-0.1, -0.05) is 0 Å². The molecule has 1 aromatic carbocycles. The normalized spacial score (nSPS) is 11.4. The number of benzene rings is 1. The summed E-state index contributed by atoms with van der Waals surface area (Å²) in [5.41, 5.74) is -0.578. The molecule has 0 aliphatic heterocycles. The molecule has 0 atom stereocenters. The molecule has 0 aliphatic rings. The van der Waals surface area contributed by atoms with Crippen LogP contribution >= 0.6 is 0 Å². The third kappa shape index (κ3) is 2.31. The zero-order chi connectivity index (χ0) is 10.1. The molecule has 0 saturated carbocycles. The fraction of sp³-hybridized carbons (Fsp3) is 0.222. The van der Waals surface area contributed by atoms with Crippen molar-refractivity contribution in [3.63, 3.8) is 0 Å². The number of aldehydes is 1. The van der Waals surface area contributed by atoms with E-state index >= 15 is 0 Å². The first-order valence-corrected chi connectivity index (χ1v) is 3.57. The third-order valence-electron chi connectivity index (χ3n) is 1.56. The summed E-state index contributed by atoms with van der Waals surface area (Å²) in [5.74, 6) is -3.96. The lowest BCUT2D eigenvalue weighted by molar-refractivity contribution is 0.0171. The number of hydrogen-bond donors (Lipinski definition) is 0. The van der Waals surface area contributed by atoms with E-state index in [1.54, 1.807) is 0 Å². The van der Waals surface area contributed by atoms with Crippen LogP contribution in [0, 0.1) is 5.82 Å². The Morgan fingerprint density at radius 3 is 2.38 bits per heavy atom. The molecule has 0 unspecified atom stereocenters. The van der Waals surface area contributed by atoms with Gasteiger partial charge in [-0.2, -0.15) is 0 Å². The summed E-state index contributed by atoms with van der Waals surface area (Å²) in [6, 6.07) is 2.59. The predicted molar refractivity (Wildman–Crippen MR) is 41.4 cm³/mol. The van der Waals surface area contributed by atoms with Crippen molar-refractivity contribution in [2.75, 3.05) is 0 Å². The Bertz CT molecular complexity index is 328. The van der Waals surface area contributed by atoms with Crippen LogP contribution in [0.25, 0.3) is 0 Å². The molecule has 70 valence electrons. The largest absolute Gasteiger partial charge is 0.298 e. The topological polar surface area (TPSA) is 17.1 Å². The molecule has 0 aliphatic carbocycles. The highest BCUT2D eigenvalue weighted by Gasteiger charge is 2.25. The highest BCUT2D eigenvalue weighted by Crippen LogP contribution is 2.27. The van der Waals surface area contributed by atoms with E-state index in [1.807, 2.05) is 0 Å². The van der Waals surface area contributed by atoms with Crippen molar-refractivity contribution in [2.24, 2.45) is 0 Å². The van der Waals surface area contributed by atoms with Crippen LogP contribution in [0.5, 0.6) is 0 Å². The van der Waals surface area contributed by atoms with E-state index in [1.165, 1.54) is 0 Å². The van der Waals surface area contributed by atoms with Gasteiger partial charge in [0.25, 0.3) is 5.92 Å². The maximum absolute atomic E-state index is 12.7. The highest BCUT2D eigenvalue weighted by atomic mass is 19.3. The fourth-order valence-electron chi connectivity index (χ4n) is 0.934. The molecular formula is C9H7F3O. The lowest BCUT2D eigenvalue weighted by Gasteiger charge is -2.10. The molecule has 0 saturated heterocycles. The van der Waals surface area contributed by atoms with Crippen LogP contribution in [0.3, 0.4) is 0 Å². The summed E-state index contributed by atoms with van der Waals surface area (Å²) < 4.78 is 38.0. The number of rotatable bonds is 2. The standard InChI is InChI=1S/C9H7F3O/c1-9(11,12)7-2-6(5-13)3-8(10)4-7/h2-5H,1H3. The second kappa shape index (κ2) is 3.20. The van der Waals surface area contributed by atoms with Crippen molar-refractivity contribution in [3.05, 3.63) is 35.1 Å². The summed E-state index contributed by atoms with van der Waals surface area (Å²) in [4.78, 5) is 10.2. The molecule has 0 heterocycles. The van der Waals surface area contributed by atoms with Crippen LogP contribution in [0.1, 0.15) is 22.8 Å². The van der Waals surface area contributed by atoms with Crippen molar-refractivity contribution in [1.82, 2.24) is 0 Å². The van der Waals surface area contributed by atoms with Gasteiger partial charge in [0.15, 0.2) is 0 Å². The van der Waals surface area contributed by atoms with Crippen molar-refractivity contribution in [2.45, 2.75) is 12.8 Å². The zero-order valence-electron chi connectivity index (χ0n) is 6.85. The third-order valence-corrected chi connectivity index (χ3v) is 1.56. The molecule has 4 heteroatoms. The van der Waals surface area contributed by atoms with Crippen LogP contribution in [0.15, 0.2) is 18.2 Å². The number of alkyl halides is 2. The van der Waals surface area contributed by atoms with E-state index in [4.69, 9.17) is 0 Å². The van der Waals surface area contributed by atoms with Gasteiger partial charge in [-0.3, -0.25) is 4.79 Å². The maximum Gasteiger partial charge on any atom is 0.270 e. The second-order valence-electron chi connectivity index (χ2n) is 2.78. The van der Waals surface area contributed by atoms with Crippen LogP contribution in [-0.2, 0) is 5.92 Å². The monoisotopic (exact) mass is 188 g/mol. The van der Waals surface area contributed by atoms with E-state index in [0.717, 1.165) is 12.1 Å². The van der Waals surface area contributed by atoms with Gasteiger partial charge in [0.05, 0.1) is 0 Å². The second-order valence-corrected chi connectivity index (χ2v) is 2.78. The molecule has 1 nitrogen and oxygen atoms in total. The van der Waals surface area contributed by atoms with E-state index in [0.29, 0.717) is 19.3 Å². The Morgan fingerprint density at radius 2 is 1.92 bits per heavy atom. The van der Waals surface area contributed by atoms with E-state index in [9.17, 15) is 18.0 Å². The molecule has 0 radical (unpaired) electrons. The van der Waals surface area contributed by atoms with Gasteiger partial charge < -0.3 is 0 Å². The fourth-order valence-corrected chi connectivity index (χ4v) is 0.934. The molecule has 13 heavy (non-hydrogen) atoms. The number of carbonyl (C=O) groups excluding carboxylic acids is 1. The van der Waals surface area contributed by atoms with Gasteiger partial charge in [-0.25, -0.2) is 13.2 Å². The molecular weight excluding hydrogens is 181 g/mol. The average Bonchev–Trinajstić information content (AvgIpc) is 2.01. The predicted octanol–water partition coefficient (Wildman–Crippen LogP) is 2.75. The van der Waals surface area contributed by atoms with Crippen LogP contribution in [0.4, 0.5) is 13.2 Å². The zero-order valence-corrected chi connectivity index (χ0v) is 6.85. The molecule has 0 amide bonds. The first-order valence-electron chi connectivity index (χ1n) is 3.57. The minimum Gasteiger partial charge on any atom is -0.298 e.